The van der Waals surface area contributed by atoms with Crippen LogP contribution < -0.4 is 5.73 Å². The highest BCUT2D eigenvalue weighted by Gasteiger charge is 2.37. The summed E-state index contributed by atoms with van der Waals surface area (Å²) in [6.07, 6.45) is 5.02. The molecule has 1 unspecified atom stereocenters. The number of piperidine rings is 1. The van der Waals surface area contributed by atoms with Gasteiger partial charge in [-0.15, -0.1) is 0 Å². The number of likely N-dealkylation sites (N-methyl/N-ethyl adjacent to an activating group) is 1. The number of nitrogens with zero attached hydrogens (tertiary/aromatic N) is 2. The largest absolute Gasteiger partial charge is 0.329 e. The molecule has 0 amide bonds. The first-order chi connectivity index (χ1) is 7.68. The van der Waals surface area contributed by atoms with Crippen LogP contribution >= 0.6 is 0 Å². The fraction of sp³-hybridized carbons (Fsp3) is 1.00. The Morgan fingerprint density at radius 2 is 1.88 bits per heavy atom. The molecule has 0 aromatic rings. The number of nitrogens with two attached hydrogens (primary N) is 1. The van der Waals surface area contributed by atoms with Crippen LogP contribution in [-0.4, -0.2) is 55.1 Å². The number of rotatable bonds is 6. The Morgan fingerprint density at radius 1 is 1.25 bits per heavy atom. The zero-order valence-corrected chi connectivity index (χ0v) is 11.3. The summed E-state index contributed by atoms with van der Waals surface area (Å²) >= 11 is 0. The first-order valence-electron chi connectivity index (χ1n) is 6.82. The lowest BCUT2D eigenvalue weighted by molar-refractivity contribution is 0.0256. The van der Waals surface area contributed by atoms with E-state index in [2.05, 4.69) is 30.7 Å². The lowest BCUT2D eigenvalue weighted by atomic mass is 9.87. The molecule has 1 aliphatic heterocycles. The summed E-state index contributed by atoms with van der Waals surface area (Å²) in [5.41, 5.74) is 6.34. The van der Waals surface area contributed by atoms with E-state index in [1.165, 1.54) is 45.3 Å². The maximum absolute atomic E-state index is 6.09. The summed E-state index contributed by atoms with van der Waals surface area (Å²) in [4.78, 5) is 5.08. The molecule has 0 radical (unpaired) electrons. The topological polar surface area (TPSA) is 32.5 Å². The standard InChI is InChI=1S/C13H29N3/c1-4-8-16(9-5-2)13(11-14)7-6-10-15(3)12-13/h4-12,14H2,1-3H3. The van der Waals surface area contributed by atoms with Crippen LogP contribution in [0.1, 0.15) is 39.5 Å². The molecule has 0 aliphatic carbocycles. The summed E-state index contributed by atoms with van der Waals surface area (Å²) in [6, 6.07) is 0. The zero-order chi connectivity index (χ0) is 12.0. The molecule has 0 aromatic carbocycles. The Balaban J connectivity index is 2.72. The van der Waals surface area contributed by atoms with Crippen LogP contribution in [0.2, 0.25) is 0 Å². The molecule has 3 heteroatoms. The quantitative estimate of drug-likeness (QED) is 0.747. The van der Waals surface area contributed by atoms with Gasteiger partial charge >= 0.3 is 0 Å². The lowest BCUT2D eigenvalue weighted by Crippen LogP contribution is -2.62. The molecule has 1 aliphatic rings. The van der Waals surface area contributed by atoms with Crippen molar-refractivity contribution in [2.45, 2.75) is 45.1 Å². The minimum Gasteiger partial charge on any atom is -0.329 e. The van der Waals surface area contributed by atoms with Gasteiger partial charge in [-0.05, 0) is 52.4 Å². The minimum absolute atomic E-state index is 0.249. The van der Waals surface area contributed by atoms with Crippen molar-refractivity contribution in [3.05, 3.63) is 0 Å². The van der Waals surface area contributed by atoms with Crippen LogP contribution in [0.4, 0.5) is 0 Å². The third-order valence-electron chi connectivity index (χ3n) is 3.78. The number of likely N-dealkylation sites (tertiary alicyclic amines) is 1. The molecule has 16 heavy (non-hydrogen) atoms. The fourth-order valence-corrected chi connectivity index (χ4v) is 3.02. The molecule has 2 N–H and O–H groups in total. The molecule has 1 atom stereocenters. The second-order valence-electron chi connectivity index (χ2n) is 5.26. The van der Waals surface area contributed by atoms with E-state index in [4.69, 9.17) is 5.73 Å². The van der Waals surface area contributed by atoms with E-state index in [0.29, 0.717) is 0 Å². The zero-order valence-electron chi connectivity index (χ0n) is 11.3. The van der Waals surface area contributed by atoms with Crippen molar-refractivity contribution in [2.75, 3.05) is 39.8 Å². The molecule has 0 bridgehead atoms. The van der Waals surface area contributed by atoms with Gasteiger partial charge in [-0.25, -0.2) is 0 Å². The minimum atomic E-state index is 0.249. The van der Waals surface area contributed by atoms with Crippen molar-refractivity contribution in [1.29, 1.82) is 0 Å². The Labute approximate surface area is 101 Å². The van der Waals surface area contributed by atoms with E-state index >= 15 is 0 Å². The van der Waals surface area contributed by atoms with Gasteiger partial charge in [0.25, 0.3) is 0 Å². The lowest BCUT2D eigenvalue weighted by Gasteiger charge is -2.48. The highest BCUT2D eigenvalue weighted by molar-refractivity contribution is 4.96. The highest BCUT2D eigenvalue weighted by atomic mass is 15.3. The highest BCUT2D eigenvalue weighted by Crippen LogP contribution is 2.26. The molecule has 0 saturated carbocycles. The maximum Gasteiger partial charge on any atom is 0.0458 e. The smallest absolute Gasteiger partial charge is 0.0458 e. The summed E-state index contributed by atoms with van der Waals surface area (Å²) in [5.74, 6) is 0. The Morgan fingerprint density at radius 3 is 2.31 bits per heavy atom. The van der Waals surface area contributed by atoms with Gasteiger partial charge in [0.2, 0.25) is 0 Å². The molecule has 1 saturated heterocycles. The fourth-order valence-electron chi connectivity index (χ4n) is 3.02. The van der Waals surface area contributed by atoms with Gasteiger partial charge in [-0.1, -0.05) is 13.8 Å². The van der Waals surface area contributed by atoms with Gasteiger partial charge in [0, 0.05) is 18.6 Å². The van der Waals surface area contributed by atoms with Crippen molar-refractivity contribution < 1.29 is 0 Å². The van der Waals surface area contributed by atoms with E-state index in [-0.39, 0.29) is 5.54 Å². The molecule has 1 fully saturated rings. The van der Waals surface area contributed by atoms with Gasteiger partial charge in [-0.3, -0.25) is 4.90 Å². The second-order valence-corrected chi connectivity index (χ2v) is 5.26. The Kier molecular flexibility index (Phi) is 5.73. The molecular weight excluding hydrogens is 198 g/mol. The summed E-state index contributed by atoms with van der Waals surface area (Å²) < 4.78 is 0. The first-order valence-corrected chi connectivity index (χ1v) is 6.82. The monoisotopic (exact) mass is 227 g/mol. The van der Waals surface area contributed by atoms with Gasteiger partial charge in [0.15, 0.2) is 0 Å². The average Bonchev–Trinajstić information content (AvgIpc) is 2.28. The van der Waals surface area contributed by atoms with Crippen LogP contribution in [0.25, 0.3) is 0 Å². The number of hydrogen-bond donors (Lipinski definition) is 1. The van der Waals surface area contributed by atoms with Crippen LogP contribution in [0, 0.1) is 0 Å². The molecule has 1 heterocycles. The second kappa shape index (κ2) is 6.58. The van der Waals surface area contributed by atoms with Gasteiger partial charge in [0.05, 0.1) is 0 Å². The molecular formula is C13H29N3. The summed E-state index contributed by atoms with van der Waals surface area (Å²) in [6.45, 7) is 10.1. The average molecular weight is 227 g/mol. The van der Waals surface area contributed by atoms with E-state index in [9.17, 15) is 0 Å². The third-order valence-corrected chi connectivity index (χ3v) is 3.78. The first kappa shape index (κ1) is 13.9. The molecule has 0 spiro atoms. The SMILES string of the molecule is CCCN(CCC)C1(CN)CCCN(C)C1. The molecule has 96 valence electrons. The Hall–Kier alpha value is -0.120. The number of hydrogen-bond acceptors (Lipinski definition) is 3. The van der Waals surface area contributed by atoms with Gasteiger partial charge < -0.3 is 10.6 Å². The summed E-state index contributed by atoms with van der Waals surface area (Å²) in [7, 11) is 2.22. The van der Waals surface area contributed by atoms with Gasteiger partial charge in [0.1, 0.15) is 0 Å². The van der Waals surface area contributed by atoms with Crippen molar-refractivity contribution in [1.82, 2.24) is 9.80 Å². The van der Waals surface area contributed by atoms with Crippen LogP contribution in [-0.2, 0) is 0 Å². The van der Waals surface area contributed by atoms with E-state index in [1.54, 1.807) is 0 Å². The van der Waals surface area contributed by atoms with Crippen LogP contribution in [0.3, 0.4) is 0 Å². The van der Waals surface area contributed by atoms with E-state index < -0.39 is 0 Å². The van der Waals surface area contributed by atoms with Gasteiger partial charge in [-0.2, -0.15) is 0 Å². The Bertz CT molecular complexity index is 190. The predicted octanol–water partition coefficient (Wildman–Crippen LogP) is 1.53. The predicted molar refractivity (Wildman–Crippen MR) is 70.7 cm³/mol. The summed E-state index contributed by atoms with van der Waals surface area (Å²) in [5, 5.41) is 0. The maximum atomic E-state index is 6.09. The van der Waals surface area contributed by atoms with Crippen molar-refractivity contribution >= 4 is 0 Å². The van der Waals surface area contributed by atoms with E-state index in [1.807, 2.05) is 0 Å². The van der Waals surface area contributed by atoms with Crippen molar-refractivity contribution in [3.63, 3.8) is 0 Å². The van der Waals surface area contributed by atoms with Crippen molar-refractivity contribution in [2.24, 2.45) is 5.73 Å². The normalized spacial score (nSPS) is 27.6. The molecule has 1 rings (SSSR count). The van der Waals surface area contributed by atoms with Crippen molar-refractivity contribution in [3.8, 4) is 0 Å². The van der Waals surface area contributed by atoms with Crippen LogP contribution in [0.15, 0.2) is 0 Å². The molecule has 0 aromatic heterocycles. The van der Waals surface area contributed by atoms with E-state index in [0.717, 1.165) is 13.1 Å². The third kappa shape index (κ3) is 3.19. The van der Waals surface area contributed by atoms with Crippen LogP contribution in [0.5, 0.6) is 0 Å². The molecule has 3 nitrogen and oxygen atoms in total.